The molecule has 7 heteroatoms. The molecule has 178 valence electrons. The molecule has 0 aromatic heterocycles. The molecule has 0 bridgehead atoms. The molecule has 1 fully saturated rings. The fourth-order valence-electron chi connectivity index (χ4n) is 4.04. The molecule has 2 rings (SSSR count). The van der Waals surface area contributed by atoms with Crippen molar-refractivity contribution in [1.29, 1.82) is 0 Å². The minimum atomic E-state index is -0.699. The van der Waals surface area contributed by atoms with Crippen molar-refractivity contribution >= 4 is 23.5 Å². The highest BCUT2D eigenvalue weighted by Gasteiger charge is 2.39. The molecule has 1 aliphatic rings. The number of ether oxygens (including phenoxy) is 2. The summed E-state index contributed by atoms with van der Waals surface area (Å²) >= 11 is 1.71. The molecule has 2 N–H and O–H groups in total. The first-order chi connectivity index (χ1) is 15.4. The van der Waals surface area contributed by atoms with Gasteiger partial charge in [0.25, 0.3) is 0 Å². The van der Waals surface area contributed by atoms with Gasteiger partial charge >= 0.3 is 5.97 Å². The number of benzene rings is 1. The van der Waals surface area contributed by atoms with E-state index in [1.807, 2.05) is 30.3 Å². The molecule has 1 saturated carbocycles. The summed E-state index contributed by atoms with van der Waals surface area (Å²) in [4.78, 5) is 23.7. The van der Waals surface area contributed by atoms with Crippen LogP contribution in [0.4, 0.5) is 0 Å². The maximum atomic E-state index is 12.4. The number of aliphatic hydroxyl groups excluding tert-OH is 2. The summed E-state index contributed by atoms with van der Waals surface area (Å²) in [5.41, 5.74) is 2.06. The molecule has 0 heterocycles. The van der Waals surface area contributed by atoms with E-state index in [9.17, 15) is 19.8 Å². The van der Waals surface area contributed by atoms with Gasteiger partial charge in [-0.1, -0.05) is 36.4 Å². The smallest absolute Gasteiger partial charge is 0.305 e. The van der Waals surface area contributed by atoms with Crippen LogP contribution >= 0.6 is 11.8 Å². The number of ketones is 1. The zero-order chi connectivity index (χ0) is 23.3. The number of hydrogen-bond acceptors (Lipinski definition) is 7. The van der Waals surface area contributed by atoms with E-state index in [2.05, 4.69) is 0 Å². The van der Waals surface area contributed by atoms with E-state index in [1.165, 1.54) is 0 Å². The molecule has 1 aliphatic carbocycles. The summed E-state index contributed by atoms with van der Waals surface area (Å²) in [6, 6.07) is 7.90. The number of aliphatic hydroxyl groups is 2. The maximum absolute atomic E-state index is 12.4. The van der Waals surface area contributed by atoms with E-state index in [0.717, 1.165) is 29.1 Å². The molecule has 1 aromatic carbocycles. The van der Waals surface area contributed by atoms with Crippen LogP contribution in [0, 0.1) is 11.8 Å². The van der Waals surface area contributed by atoms with Crippen molar-refractivity contribution in [2.45, 2.75) is 57.8 Å². The van der Waals surface area contributed by atoms with Crippen LogP contribution in [-0.4, -0.2) is 59.4 Å². The standard InChI is InChI=1S/C25H36O6S/c1-3-31-25(29)8-5-12-32-13-11-22-21(23(27)16-24(22)28)10-9-20(26)15-18-6-4-7-19(14-18)17-30-2/h4,6-7,9-10,14,20-23,26-27H,3,5,8,11-13,15-17H2,1-2H3/b10-9+/t20-,21-,22-,23-/m1/s1. The Kier molecular flexibility index (Phi) is 12.0. The second kappa shape index (κ2) is 14.5. The Hall–Kier alpha value is -1.67. The first-order valence-electron chi connectivity index (χ1n) is 11.3. The quantitative estimate of drug-likeness (QED) is 0.248. The van der Waals surface area contributed by atoms with E-state index >= 15 is 0 Å². The first kappa shape index (κ1) is 26.6. The minimum Gasteiger partial charge on any atom is -0.466 e. The van der Waals surface area contributed by atoms with E-state index < -0.39 is 12.2 Å². The summed E-state index contributed by atoms with van der Waals surface area (Å²) < 4.78 is 10.1. The fourth-order valence-corrected chi connectivity index (χ4v) is 5.01. The summed E-state index contributed by atoms with van der Waals surface area (Å²) in [6.45, 7) is 2.73. The lowest BCUT2D eigenvalue weighted by molar-refractivity contribution is -0.143. The van der Waals surface area contributed by atoms with Gasteiger partial charge in [-0.2, -0.15) is 11.8 Å². The largest absolute Gasteiger partial charge is 0.466 e. The van der Waals surface area contributed by atoms with Crippen LogP contribution < -0.4 is 0 Å². The molecule has 4 atom stereocenters. The molecular weight excluding hydrogens is 428 g/mol. The predicted molar refractivity (Wildman–Crippen MR) is 126 cm³/mol. The number of carbonyl (C=O) groups excluding carboxylic acids is 2. The van der Waals surface area contributed by atoms with Crippen LogP contribution in [0.1, 0.15) is 43.7 Å². The van der Waals surface area contributed by atoms with Gasteiger partial charge in [-0.15, -0.1) is 0 Å². The third-order valence-electron chi connectivity index (χ3n) is 5.58. The molecule has 6 nitrogen and oxygen atoms in total. The number of esters is 1. The molecular formula is C25H36O6S. The fraction of sp³-hybridized carbons (Fsp3) is 0.600. The molecule has 0 radical (unpaired) electrons. The van der Waals surface area contributed by atoms with Crippen LogP contribution in [0.15, 0.2) is 36.4 Å². The van der Waals surface area contributed by atoms with Crippen molar-refractivity contribution < 1.29 is 29.3 Å². The van der Waals surface area contributed by atoms with Crippen molar-refractivity contribution in [3.05, 3.63) is 47.5 Å². The summed E-state index contributed by atoms with van der Waals surface area (Å²) in [6.07, 6.45) is 4.62. The SMILES string of the molecule is CCOC(=O)CCCSCC[C@H]1C(=O)C[C@@H](O)[C@@H]1/C=C/[C@@H](O)Cc1cccc(COC)c1. The Balaban J connectivity index is 1.80. The third kappa shape index (κ3) is 9.06. The van der Waals surface area contributed by atoms with Gasteiger partial charge in [0.05, 0.1) is 25.4 Å². The normalized spacial score (nSPS) is 21.9. The number of carbonyl (C=O) groups is 2. The van der Waals surface area contributed by atoms with Gasteiger partial charge < -0.3 is 19.7 Å². The zero-order valence-electron chi connectivity index (χ0n) is 19.1. The van der Waals surface area contributed by atoms with Crippen molar-refractivity contribution in [2.24, 2.45) is 11.8 Å². The van der Waals surface area contributed by atoms with Crippen molar-refractivity contribution in [2.75, 3.05) is 25.2 Å². The summed E-state index contributed by atoms with van der Waals surface area (Å²) in [5.74, 6) is 1.06. The Labute approximate surface area is 195 Å². The van der Waals surface area contributed by atoms with Gasteiger partial charge in [0.15, 0.2) is 0 Å². The van der Waals surface area contributed by atoms with Gasteiger partial charge in [0.1, 0.15) is 5.78 Å². The van der Waals surface area contributed by atoms with Crippen molar-refractivity contribution in [1.82, 2.24) is 0 Å². The Morgan fingerprint density at radius 3 is 2.84 bits per heavy atom. The molecule has 0 spiro atoms. The van der Waals surface area contributed by atoms with Crippen LogP contribution in [0.5, 0.6) is 0 Å². The molecule has 1 aromatic rings. The van der Waals surface area contributed by atoms with Crippen LogP contribution in [0.25, 0.3) is 0 Å². The molecule has 0 aliphatic heterocycles. The summed E-state index contributed by atoms with van der Waals surface area (Å²) in [7, 11) is 1.65. The molecule has 0 saturated heterocycles. The first-order valence-corrected chi connectivity index (χ1v) is 12.5. The molecule has 0 amide bonds. The second-order valence-electron chi connectivity index (χ2n) is 8.14. The van der Waals surface area contributed by atoms with Gasteiger partial charge in [0.2, 0.25) is 0 Å². The second-order valence-corrected chi connectivity index (χ2v) is 9.37. The number of Topliss-reactive ketones (excluding diaryl/α,β-unsaturated/α-hetero) is 1. The summed E-state index contributed by atoms with van der Waals surface area (Å²) in [5, 5.41) is 20.8. The number of rotatable bonds is 14. The van der Waals surface area contributed by atoms with Gasteiger partial charge in [-0.05, 0) is 42.4 Å². The average molecular weight is 465 g/mol. The molecule has 32 heavy (non-hydrogen) atoms. The minimum absolute atomic E-state index is 0.0843. The average Bonchev–Trinajstić information content (AvgIpc) is 3.02. The zero-order valence-corrected chi connectivity index (χ0v) is 19.9. The maximum Gasteiger partial charge on any atom is 0.305 e. The van der Waals surface area contributed by atoms with Crippen LogP contribution in [-0.2, 0) is 32.1 Å². The van der Waals surface area contributed by atoms with Gasteiger partial charge in [-0.25, -0.2) is 0 Å². The number of thioether (sulfide) groups is 1. The highest BCUT2D eigenvalue weighted by atomic mass is 32.2. The van der Waals surface area contributed by atoms with E-state index in [0.29, 0.717) is 32.5 Å². The van der Waals surface area contributed by atoms with Gasteiger partial charge in [-0.3, -0.25) is 9.59 Å². The van der Waals surface area contributed by atoms with Crippen molar-refractivity contribution in [3.63, 3.8) is 0 Å². The van der Waals surface area contributed by atoms with E-state index in [-0.39, 0.29) is 30.0 Å². The van der Waals surface area contributed by atoms with Crippen LogP contribution in [0.2, 0.25) is 0 Å². The predicted octanol–water partition coefficient (Wildman–Crippen LogP) is 3.33. The lowest BCUT2D eigenvalue weighted by Crippen LogP contribution is -2.20. The topological polar surface area (TPSA) is 93.1 Å². The Morgan fingerprint density at radius 2 is 2.09 bits per heavy atom. The van der Waals surface area contributed by atoms with Crippen LogP contribution in [0.3, 0.4) is 0 Å². The van der Waals surface area contributed by atoms with Gasteiger partial charge in [0, 0.05) is 38.2 Å². The Morgan fingerprint density at radius 1 is 1.31 bits per heavy atom. The Bertz CT molecular complexity index is 750. The molecule has 0 unspecified atom stereocenters. The highest BCUT2D eigenvalue weighted by Crippen LogP contribution is 2.34. The monoisotopic (exact) mass is 464 g/mol. The van der Waals surface area contributed by atoms with E-state index in [1.54, 1.807) is 31.9 Å². The number of methoxy groups -OCH3 is 1. The van der Waals surface area contributed by atoms with E-state index in [4.69, 9.17) is 9.47 Å². The van der Waals surface area contributed by atoms with Crippen molar-refractivity contribution in [3.8, 4) is 0 Å². The number of hydrogen-bond donors (Lipinski definition) is 2. The lowest BCUT2D eigenvalue weighted by Gasteiger charge is -2.18. The highest BCUT2D eigenvalue weighted by molar-refractivity contribution is 7.99. The third-order valence-corrected chi connectivity index (χ3v) is 6.69. The lowest BCUT2D eigenvalue weighted by atomic mass is 9.91.